The fourth-order valence-corrected chi connectivity index (χ4v) is 2.63. The van der Waals surface area contributed by atoms with Gasteiger partial charge in [-0.05, 0) is 55.2 Å². The average Bonchev–Trinajstić information content (AvgIpc) is 2.50. The van der Waals surface area contributed by atoms with Crippen LogP contribution in [0.3, 0.4) is 0 Å². The van der Waals surface area contributed by atoms with Crippen LogP contribution < -0.4 is 10.1 Å². The van der Waals surface area contributed by atoms with Crippen molar-refractivity contribution in [3.63, 3.8) is 0 Å². The molecule has 0 bridgehead atoms. The predicted octanol–water partition coefficient (Wildman–Crippen LogP) is 4.43. The number of carbonyl (C=O) groups excluding carboxylic acids is 1. The molecule has 0 aliphatic carbocycles. The molecule has 0 spiro atoms. The molecule has 4 heteroatoms. The molecule has 2 rings (SSSR count). The maximum Gasteiger partial charge on any atom is 0.261 e. The fourth-order valence-electron chi connectivity index (χ4n) is 2.43. The topological polar surface area (TPSA) is 38.3 Å². The van der Waals surface area contributed by atoms with Gasteiger partial charge in [0, 0.05) is 11.6 Å². The summed E-state index contributed by atoms with van der Waals surface area (Å²) in [5, 5.41) is 3.54. The van der Waals surface area contributed by atoms with E-state index < -0.39 is 6.10 Å². The molecule has 0 unspecified atom stereocenters. The van der Waals surface area contributed by atoms with E-state index in [4.69, 9.17) is 16.3 Å². The molecule has 0 saturated heterocycles. The van der Waals surface area contributed by atoms with Crippen LogP contribution in [-0.2, 0) is 11.3 Å². The first-order valence-electron chi connectivity index (χ1n) is 7.75. The molecule has 0 heterocycles. The minimum absolute atomic E-state index is 0.133. The molecule has 2 aromatic carbocycles. The zero-order valence-corrected chi connectivity index (χ0v) is 14.5. The van der Waals surface area contributed by atoms with Gasteiger partial charge in [0.1, 0.15) is 5.75 Å². The summed E-state index contributed by atoms with van der Waals surface area (Å²) in [4.78, 5) is 12.4. The number of hydrogen-bond acceptors (Lipinski definition) is 2. The number of ether oxygens (including phenoxy) is 1. The van der Waals surface area contributed by atoms with Crippen LogP contribution >= 0.6 is 11.6 Å². The molecule has 0 fully saturated rings. The number of halogens is 1. The Morgan fingerprint density at radius 3 is 2.43 bits per heavy atom. The molecule has 0 aliphatic heterocycles. The van der Waals surface area contributed by atoms with Crippen molar-refractivity contribution in [3.8, 4) is 5.75 Å². The van der Waals surface area contributed by atoms with Crippen molar-refractivity contribution in [2.45, 2.75) is 39.8 Å². The Balaban J connectivity index is 1.99. The third-order valence-corrected chi connectivity index (χ3v) is 3.92. The highest BCUT2D eigenvalue weighted by Crippen LogP contribution is 2.19. The van der Waals surface area contributed by atoms with E-state index in [1.807, 2.05) is 57.2 Å². The van der Waals surface area contributed by atoms with Crippen molar-refractivity contribution < 1.29 is 9.53 Å². The van der Waals surface area contributed by atoms with Crippen molar-refractivity contribution >= 4 is 17.5 Å². The molecular weight excluding hydrogens is 310 g/mol. The second kappa shape index (κ2) is 8.02. The number of nitrogens with one attached hydrogen (secondary N) is 1. The summed E-state index contributed by atoms with van der Waals surface area (Å²) in [6.07, 6.45) is 0.0835. The quantitative estimate of drug-likeness (QED) is 0.850. The molecule has 1 amide bonds. The lowest BCUT2D eigenvalue weighted by atomic mass is 10.1. The molecule has 2 aromatic rings. The van der Waals surface area contributed by atoms with Crippen LogP contribution in [-0.4, -0.2) is 12.0 Å². The van der Waals surface area contributed by atoms with Crippen molar-refractivity contribution in [2.75, 3.05) is 0 Å². The molecule has 3 nitrogen and oxygen atoms in total. The van der Waals surface area contributed by atoms with Gasteiger partial charge >= 0.3 is 0 Å². The predicted molar refractivity (Wildman–Crippen MR) is 93.9 cm³/mol. The minimum Gasteiger partial charge on any atom is -0.481 e. The van der Waals surface area contributed by atoms with E-state index in [0.29, 0.717) is 18.0 Å². The Hall–Kier alpha value is -2.00. The van der Waals surface area contributed by atoms with Crippen LogP contribution in [0, 0.1) is 13.8 Å². The highest BCUT2D eigenvalue weighted by Gasteiger charge is 2.18. The van der Waals surface area contributed by atoms with E-state index >= 15 is 0 Å². The summed E-state index contributed by atoms with van der Waals surface area (Å²) < 4.78 is 5.86. The standard InChI is InChI=1S/C19H22ClNO2/c1-4-18(23-16-10-13(2)9-14(3)11-16)19(22)21-12-15-7-5-6-8-17(15)20/h5-11,18H,4,12H2,1-3H3,(H,21,22)/t18-/m0/s1. The van der Waals surface area contributed by atoms with Crippen LogP contribution in [0.25, 0.3) is 0 Å². The van der Waals surface area contributed by atoms with Crippen LogP contribution in [0.2, 0.25) is 5.02 Å². The largest absolute Gasteiger partial charge is 0.481 e. The van der Waals surface area contributed by atoms with Gasteiger partial charge in [-0.1, -0.05) is 42.8 Å². The maximum absolute atomic E-state index is 12.4. The van der Waals surface area contributed by atoms with E-state index in [0.717, 1.165) is 22.4 Å². The summed E-state index contributed by atoms with van der Waals surface area (Å²) in [6, 6.07) is 13.4. The fraction of sp³-hybridized carbons (Fsp3) is 0.316. The van der Waals surface area contributed by atoms with E-state index in [1.54, 1.807) is 0 Å². The molecule has 23 heavy (non-hydrogen) atoms. The van der Waals surface area contributed by atoms with Gasteiger partial charge in [-0.2, -0.15) is 0 Å². The molecule has 0 radical (unpaired) electrons. The van der Waals surface area contributed by atoms with Crippen molar-refractivity contribution in [2.24, 2.45) is 0 Å². The Kier molecular flexibility index (Phi) is 6.05. The Morgan fingerprint density at radius 2 is 1.83 bits per heavy atom. The normalized spacial score (nSPS) is 11.8. The zero-order valence-electron chi connectivity index (χ0n) is 13.7. The minimum atomic E-state index is -0.515. The first kappa shape index (κ1) is 17.4. The number of carbonyl (C=O) groups is 1. The van der Waals surface area contributed by atoms with Gasteiger partial charge in [-0.15, -0.1) is 0 Å². The van der Waals surface area contributed by atoms with E-state index in [-0.39, 0.29) is 5.91 Å². The second-order valence-electron chi connectivity index (χ2n) is 5.65. The molecule has 0 aromatic heterocycles. The highest BCUT2D eigenvalue weighted by atomic mass is 35.5. The van der Waals surface area contributed by atoms with Gasteiger partial charge in [-0.25, -0.2) is 0 Å². The first-order valence-corrected chi connectivity index (χ1v) is 8.13. The van der Waals surface area contributed by atoms with Gasteiger partial charge in [0.2, 0.25) is 0 Å². The summed E-state index contributed by atoms with van der Waals surface area (Å²) in [5.74, 6) is 0.592. The summed E-state index contributed by atoms with van der Waals surface area (Å²) in [5.41, 5.74) is 3.13. The lowest BCUT2D eigenvalue weighted by Gasteiger charge is -2.18. The second-order valence-corrected chi connectivity index (χ2v) is 6.05. The van der Waals surface area contributed by atoms with E-state index in [9.17, 15) is 4.79 Å². The average molecular weight is 332 g/mol. The van der Waals surface area contributed by atoms with Gasteiger partial charge in [0.15, 0.2) is 6.10 Å². The Bertz CT molecular complexity index is 665. The van der Waals surface area contributed by atoms with Gasteiger partial charge in [-0.3, -0.25) is 4.79 Å². The van der Waals surface area contributed by atoms with Gasteiger partial charge in [0.05, 0.1) is 0 Å². The Labute approximate surface area is 142 Å². The number of rotatable bonds is 6. The van der Waals surface area contributed by atoms with Crippen molar-refractivity contribution in [1.29, 1.82) is 0 Å². The smallest absolute Gasteiger partial charge is 0.261 e. The third-order valence-electron chi connectivity index (χ3n) is 3.55. The number of benzene rings is 2. The maximum atomic E-state index is 12.4. The van der Waals surface area contributed by atoms with E-state index in [1.165, 1.54) is 0 Å². The molecule has 122 valence electrons. The van der Waals surface area contributed by atoms with Gasteiger partial charge < -0.3 is 10.1 Å². The van der Waals surface area contributed by atoms with Crippen LogP contribution in [0.5, 0.6) is 5.75 Å². The first-order chi connectivity index (χ1) is 11.0. The number of hydrogen-bond donors (Lipinski definition) is 1. The van der Waals surface area contributed by atoms with Crippen LogP contribution in [0.15, 0.2) is 42.5 Å². The molecule has 1 N–H and O–H groups in total. The summed E-state index contributed by atoms with van der Waals surface area (Å²) in [6.45, 7) is 6.35. The monoisotopic (exact) mass is 331 g/mol. The zero-order chi connectivity index (χ0) is 16.8. The molecular formula is C19H22ClNO2. The molecule has 0 aliphatic rings. The number of aryl methyl sites for hydroxylation is 2. The summed E-state index contributed by atoms with van der Waals surface area (Å²) in [7, 11) is 0. The SMILES string of the molecule is CC[C@H](Oc1cc(C)cc(C)c1)C(=O)NCc1ccccc1Cl. The van der Waals surface area contributed by atoms with Crippen molar-refractivity contribution in [1.82, 2.24) is 5.32 Å². The third kappa shape index (κ3) is 5.00. The molecule has 1 atom stereocenters. The lowest BCUT2D eigenvalue weighted by molar-refractivity contribution is -0.128. The lowest BCUT2D eigenvalue weighted by Crippen LogP contribution is -2.37. The van der Waals surface area contributed by atoms with Crippen LogP contribution in [0.1, 0.15) is 30.0 Å². The summed E-state index contributed by atoms with van der Waals surface area (Å²) >= 11 is 6.10. The Morgan fingerprint density at radius 1 is 1.17 bits per heavy atom. The van der Waals surface area contributed by atoms with E-state index in [2.05, 4.69) is 11.4 Å². The number of amides is 1. The molecule has 0 saturated carbocycles. The van der Waals surface area contributed by atoms with Gasteiger partial charge in [0.25, 0.3) is 5.91 Å². The van der Waals surface area contributed by atoms with Crippen molar-refractivity contribution in [3.05, 3.63) is 64.2 Å². The van der Waals surface area contributed by atoms with Crippen LogP contribution in [0.4, 0.5) is 0 Å². The highest BCUT2D eigenvalue weighted by molar-refractivity contribution is 6.31.